The molecule has 5 heteroatoms. The lowest BCUT2D eigenvalue weighted by atomic mass is 9.99. The van der Waals surface area contributed by atoms with Crippen molar-refractivity contribution in [3.05, 3.63) is 47.8 Å². The minimum absolute atomic E-state index is 0.388. The number of hydrogen-bond donors (Lipinski definition) is 2. The van der Waals surface area contributed by atoms with Crippen LogP contribution in [0.5, 0.6) is 0 Å². The van der Waals surface area contributed by atoms with Gasteiger partial charge in [-0.1, -0.05) is 12.1 Å². The Morgan fingerprint density at radius 2 is 1.96 bits per heavy atom. The van der Waals surface area contributed by atoms with Crippen LogP contribution < -0.4 is 0 Å². The summed E-state index contributed by atoms with van der Waals surface area (Å²) >= 11 is 0. The Bertz CT molecular complexity index is 771. The van der Waals surface area contributed by atoms with E-state index >= 15 is 0 Å². The standard InChI is InChI=1S/C20H28N2O3/c1-14(23)17-13-16-7-5-6-10-22(16)18(17)15-8-11-21(12-9-15)19(24)25-20(2,3)4/h5-8,10,13-14,19,23-24H,9,11-12H2,1-4H3. The molecule has 0 aromatic carbocycles. The lowest BCUT2D eigenvalue weighted by Gasteiger charge is -2.34. The van der Waals surface area contributed by atoms with Gasteiger partial charge < -0.3 is 19.4 Å². The van der Waals surface area contributed by atoms with Crippen LogP contribution in [0.15, 0.2) is 36.5 Å². The summed E-state index contributed by atoms with van der Waals surface area (Å²) in [6.45, 7) is 8.93. The van der Waals surface area contributed by atoms with E-state index in [1.54, 1.807) is 6.92 Å². The fourth-order valence-electron chi connectivity index (χ4n) is 3.29. The molecule has 25 heavy (non-hydrogen) atoms. The summed E-state index contributed by atoms with van der Waals surface area (Å²) < 4.78 is 7.77. The van der Waals surface area contributed by atoms with Gasteiger partial charge in [0.2, 0.25) is 6.41 Å². The van der Waals surface area contributed by atoms with Gasteiger partial charge in [-0.3, -0.25) is 4.90 Å². The third-order valence-electron chi connectivity index (χ3n) is 4.48. The molecule has 2 aromatic heterocycles. The molecular weight excluding hydrogens is 316 g/mol. The van der Waals surface area contributed by atoms with E-state index in [1.165, 1.54) is 5.57 Å². The zero-order valence-electron chi connectivity index (χ0n) is 15.4. The van der Waals surface area contributed by atoms with Crippen molar-refractivity contribution < 1.29 is 14.9 Å². The van der Waals surface area contributed by atoms with Gasteiger partial charge in [0.1, 0.15) is 0 Å². The van der Waals surface area contributed by atoms with Crippen LogP contribution in [0.4, 0.5) is 0 Å². The largest absolute Gasteiger partial charge is 0.389 e. The molecule has 0 spiro atoms. The number of aromatic nitrogens is 1. The van der Waals surface area contributed by atoms with Crippen molar-refractivity contribution in [3.8, 4) is 0 Å². The summed E-state index contributed by atoms with van der Waals surface area (Å²) in [6, 6.07) is 8.10. The highest BCUT2D eigenvalue weighted by atomic mass is 16.6. The first-order chi connectivity index (χ1) is 11.8. The van der Waals surface area contributed by atoms with Crippen LogP contribution in [-0.4, -0.2) is 44.6 Å². The van der Waals surface area contributed by atoms with Gasteiger partial charge in [0, 0.05) is 30.4 Å². The molecule has 2 aromatic rings. The minimum atomic E-state index is -0.905. The van der Waals surface area contributed by atoms with E-state index < -0.39 is 12.5 Å². The Morgan fingerprint density at radius 3 is 2.56 bits per heavy atom. The molecular formula is C20H28N2O3. The first kappa shape index (κ1) is 18.1. The van der Waals surface area contributed by atoms with Crippen molar-refractivity contribution in [2.75, 3.05) is 13.1 Å². The number of fused-ring (bicyclic) bond motifs is 1. The highest BCUT2D eigenvalue weighted by Gasteiger charge is 2.26. The summed E-state index contributed by atoms with van der Waals surface area (Å²) in [5.74, 6) is 0. The Hall–Kier alpha value is -1.66. The summed E-state index contributed by atoms with van der Waals surface area (Å²) in [4.78, 5) is 1.91. The van der Waals surface area contributed by atoms with E-state index in [0.29, 0.717) is 13.1 Å². The maximum Gasteiger partial charge on any atom is 0.216 e. The molecule has 0 bridgehead atoms. The highest BCUT2D eigenvalue weighted by Crippen LogP contribution is 2.32. The van der Waals surface area contributed by atoms with Crippen molar-refractivity contribution >= 4 is 11.1 Å². The molecule has 1 aliphatic rings. The fraction of sp³-hybridized carbons (Fsp3) is 0.500. The molecule has 2 atom stereocenters. The number of rotatable bonds is 4. The summed E-state index contributed by atoms with van der Waals surface area (Å²) in [5.41, 5.74) is 3.89. The van der Waals surface area contributed by atoms with Crippen molar-refractivity contribution in [2.24, 2.45) is 0 Å². The third kappa shape index (κ3) is 3.96. The molecule has 5 nitrogen and oxygen atoms in total. The molecule has 3 rings (SSSR count). The quantitative estimate of drug-likeness (QED) is 0.837. The van der Waals surface area contributed by atoms with Gasteiger partial charge in [0.15, 0.2) is 0 Å². The van der Waals surface area contributed by atoms with Crippen molar-refractivity contribution in [3.63, 3.8) is 0 Å². The average molecular weight is 344 g/mol. The molecule has 136 valence electrons. The van der Waals surface area contributed by atoms with E-state index in [9.17, 15) is 10.2 Å². The van der Waals surface area contributed by atoms with Gasteiger partial charge in [-0.2, -0.15) is 0 Å². The van der Waals surface area contributed by atoms with Gasteiger partial charge in [0.25, 0.3) is 0 Å². The number of pyridine rings is 1. The average Bonchev–Trinajstić information content (AvgIpc) is 2.93. The molecule has 0 aliphatic carbocycles. The first-order valence-corrected chi connectivity index (χ1v) is 8.83. The predicted octanol–water partition coefficient (Wildman–Crippen LogP) is 3.17. The summed E-state index contributed by atoms with van der Waals surface area (Å²) in [6.07, 6.45) is 3.52. The Balaban J connectivity index is 1.87. The molecule has 0 saturated carbocycles. The Morgan fingerprint density at radius 1 is 1.20 bits per heavy atom. The highest BCUT2D eigenvalue weighted by molar-refractivity contribution is 5.72. The zero-order valence-corrected chi connectivity index (χ0v) is 15.4. The second-order valence-corrected chi connectivity index (χ2v) is 7.65. The lowest BCUT2D eigenvalue weighted by Crippen LogP contribution is -2.43. The van der Waals surface area contributed by atoms with Crippen LogP contribution in [0.2, 0.25) is 0 Å². The molecule has 1 aliphatic heterocycles. The number of ether oxygens (including phenoxy) is 1. The van der Waals surface area contributed by atoms with Gasteiger partial charge >= 0.3 is 0 Å². The van der Waals surface area contributed by atoms with E-state index in [1.807, 2.05) is 56.1 Å². The topological polar surface area (TPSA) is 57.3 Å². The molecule has 2 unspecified atom stereocenters. The Labute approximate surface area is 149 Å². The monoisotopic (exact) mass is 344 g/mol. The number of hydrogen-bond acceptors (Lipinski definition) is 4. The first-order valence-electron chi connectivity index (χ1n) is 8.83. The maximum atomic E-state index is 10.3. The number of aliphatic hydroxyl groups excluding tert-OH is 2. The van der Waals surface area contributed by atoms with Gasteiger partial charge in [-0.15, -0.1) is 0 Å². The number of nitrogens with zero attached hydrogens (tertiary/aromatic N) is 2. The van der Waals surface area contributed by atoms with Crippen molar-refractivity contribution in [2.45, 2.75) is 52.2 Å². The molecule has 0 fully saturated rings. The van der Waals surface area contributed by atoms with Crippen LogP contribution in [0.1, 0.15) is 51.5 Å². The van der Waals surface area contributed by atoms with Crippen LogP contribution in [0.25, 0.3) is 11.1 Å². The second kappa shape index (κ2) is 6.92. The van der Waals surface area contributed by atoms with Crippen LogP contribution in [0, 0.1) is 0 Å². The second-order valence-electron chi connectivity index (χ2n) is 7.65. The summed E-state index contributed by atoms with van der Waals surface area (Å²) in [7, 11) is 0. The minimum Gasteiger partial charge on any atom is -0.389 e. The van der Waals surface area contributed by atoms with E-state index in [4.69, 9.17) is 4.74 Å². The van der Waals surface area contributed by atoms with Gasteiger partial charge in [-0.05, 0) is 57.9 Å². The molecule has 0 radical (unpaired) electrons. The smallest absolute Gasteiger partial charge is 0.216 e. The van der Waals surface area contributed by atoms with Gasteiger partial charge in [0.05, 0.1) is 17.4 Å². The van der Waals surface area contributed by atoms with Crippen LogP contribution in [0.3, 0.4) is 0 Å². The fourth-order valence-corrected chi connectivity index (χ4v) is 3.29. The SMILES string of the molecule is CC(O)c1cc2ccccn2c1C1=CCN(C(O)OC(C)(C)C)CC1. The third-order valence-corrected chi connectivity index (χ3v) is 4.48. The summed E-state index contributed by atoms with van der Waals surface area (Å²) in [5, 5.41) is 20.5. The van der Waals surface area contributed by atoms with E-state index in [0.717, 1.165) is 23.2 Å². The van der Waals surface area contributed by atoms with E-state index in [-0.39, 0.29) is 5.60 Å². The van der Waals surface area contributed by atoms with Crippen LogP contribution in [-0.2, 0) is 4.74 Å². The molecule has 0 amide bonds. The zero-order chi connectivity index (χ0) is 18.2. The molecule has 2 N–H and O–H groups in total. The lowest BCUT2D eigenvalue weighted by molar-refractivity contribution is -0.236. The predicted molar refractivity (Wildman–Crippen MR) is 99.0 cm³/mol. The van der Waals surface area contributed by atoms with Crippen molar-refractivity contribution in [1.82, 2.24) is 9.30 Å². The number of aliphatic hydroxyl groups is 2. The molecule has 3 heterocycles. The Kier molecular flexibility index (Phi) is 5.02. The van der Waals surface area contributed by atoms with Gasteiger partial charge in [-0.25, -0.2) is 0 Å². The molecule has 0 saturated heterocycles. The van der Waals surface area contributed by atoms with Crippen LogP contribution >= 0.6 is 0 Å². The van der Waals surface area contributed by atoms with Crippen molar-refractivity contribution in [1.29, 1.82) is 0 Å². The van der Waals surface area contributed by atoms with E-state index in [2.05, 4.69) is 10.5 Å². The normalized spacial score (nSPS) is 19.0. The maximum absolute atomic E-state index is 10.3.